The number of hydrogen-bond acceptors (Lipinski definition) is 5. The molecular weight excluding hydrogens is 464 g/mol. The molecule has 2 aliphatic heterocycles. The van der Waals surface area contributed by atoms with Gasteiger partial charge in [0.15, 0.2) is 11.6 Å². The number of anilines is 2. The van der Waals surface area contributed by atoms with Gasteiger partial charge >= 0.3 is 0 Å². The first-order chi connectivity index (χ1) is 16.3. The molecule has 1 N–H and O–H groups in total. The van der Waals surface area contributed by atoms with Crippen molar-refractivity contribution in [3.05, 3.63) is 48.0 Å². The van der Waals surface area contributed by atoms with Gasteiger partial charge in [0.05, 0.1) is 11.5 Å². The second-order valence-corrected chi connectivity index (χ2v) is 10.5. The van der Waals surface area contributed by atoms with E-state index in [2.05, 4.69) is 5.32 Å². The fourth-order valence-corrected chi connectivity index (χ4v) is 5.98. The number of piperidine rings is 1. The van der Waals surface area contributed by atoms with Gasteiger partial charge in [-0.05, 0) is 69.0 Å². The number of benzene rings is 2. The van der Waals surface area contributed by atoms with Crippen molar-refractivity contribution in [3.8, 4) is 5.75 Å². The van der Waals surface area contributed by atoms with Crippen molar-refractivity contribution < 1.29 is 26.7 Å². The molecule has 4 rings (SSSR count). The number of hydrogen-bond donors (Lipinski definition) is 1. The van der Waals surface area contributed by atoms with Crippen molar-refractivity contribution in [3.63, 3.8) is 0 Å². The molecule has 2 aromatic rings. The van der Waals surface area contributed by atoms with Crippen molar-refractivity contribution in [1.29, 1.82) is 0 Å². The van der Waals surface area contributed by atoms with Crippen LogP contribution in [0.15, 0.2) is 41.3 Å². The van der Waals surface area contributed by atoms with Crippen LogP contribution in [0, 0.1) is 17.6 Å². The Bertz CT molecular complexity index is 1100. The van der Waals surface area contributed by atoms with Crippen molar-refractivity contribution in [2.24, 2.45) is 5.92 Å². The smallest absolute Gasteiger partial charge is 0.243 e. The molecule has 2 fully saturated rings. The van der Waals surface area contributed by atoms with E-state index in [9.17, 15) is 22.0 Å². The summed E-state index contributed by atoms with van der Waals surface area (Å²) in [4.78, 5) is 14.6. The summed E-state index contributed by atoms with van der Waals surface area (Å²) in [7, 11) is -3.68. The Morgan fingerprint density at radius 2 is 1.62 bits per heavy atom. The number of amides is 1. The molecule has 0 aromatic heterocycles. The summed E-state index contributed by atoms with van der Waals surface area (Å²) in [5, 5.41) is 2.60. The van der Waals surface area contributed by atoms with Gasteiger partial charge in [0.2, 0.25) is 15.9 Å². The summed E-state index contributed by atoms with van der Waals surface area (Å²) >= 11 is 0. The van der Waals surface area contributed by atoms with E-state index in [0.29, 0.717) is 38.3 Å². The van der Waals surface area contributed by atoms with Crippen molar-refractivity contribution in [1.82, 2.24) is 4.31 Å². The molecule has 1 amide bonds. The van der Waals surface area contributed by atoms with Gasteiger partial charge < -0.3 is 15.0 Å². The Hall–Kier alpha value is -2.72. The predicted molar refractivity (Wildman–Crippen MR) is 126 cm³/mol. The van der Waals surface area contributed by atoms with E-state index in [1.807, 2.05) is 6.92 Å². The fourth-order valence-electron chi connectivity index (χ4n) is 4.51. The van der Waals surface area contributed by atoms with Crippen LogP contribution in [0.4, 0.5) is 20.2 Å². The quantitative estimate of drug-likeness (QED) is 0.631. The molecular formula is C24H29F2N3O4S. The number of carbonyl (C=O) groups excluding carboxylic acids is 1. The molecule has 2 aliphatic rings. The molecule has 2 saturated heterocycles. The van der Waals surface area contributed by atoms with Crippen LogP contribution >= 0.6 is 0 Å². The Kier molecular flexibility index (Phi) is 7.37. The largest absolute Gasteiger partial charge is 0.494 e. The van der Waals surface area contributed by atoms with E-state index in [4.69, 9.17) is 4.74 Å². The molecule has 34 heavy (non-hydrogen) atoms. The van der Waals surface area contributed by atoms with E-state index in [0.717, 1.165) is 25.0 Å². The van der Waals surface area contributed by atoms with Gasteiger partial charge in [-0.3, -0.25) is 4.79 Å². The van der Waals surface area contributed by atoms with Gasteiger partial charge in [-0.15, -0.1) is 0 Å². The first kappa shape index (κ1) is 24.4. The lowest BCUT2D eigenvalue weighted by Crippen LogP contribution is -2.41. The lowest BCUT2D eigenvalue weighted by atomic mass is 9.97. The molecule has 0 saturated carbocycles. The number of rotatable bonds is 7. The van der Waals surface area contributed by atoms with Crippen molar-refractivity contribution in [2.75, 3.05) is 43.0 Å². The van der Waals surface area contributed by atoms with E-state index in [-0.39, 0.29) is 35.3 Å². The second-order valence-electron chi connectivity index (χ2n) is 8.55. The first-order valence-corrected chi connectivity index (χ1v) is 13.0. The Balaban J connectivity index is 1.36. The minimum Gasteiger partial charge on any atom is -0.494 e. The van der Waals surface area contributed by atoms with Gasteiger partial charge in [0, 0.05) is 37.8 Å². The molecule has 0 bridgehead atoms. The highest BCUT2D eigenvalue weighted by Gasteiger charge is 2.32. The minimum atomic E-state index is -3.68. The number of nitrogens with one attached hydrogen (secondary N) is 1. The number of nitrogens with zero attached hydrogens (tertiary/aromatic N) is 2. The van der Waals surface area contributed by atoms with E-state index in [1.165, 1.54) is 16.4 Å². The van der Waals surface area contributed by atoms with E-state index < -0.39 is 27.6 Å². The molecule has 0 unspecified atom stereocenters. The number of sulfonamides is 1. The van der Waals surface area contributed by atoms with E-state index >= 15 is 0 Å². The molecule has 0 radical (unpaired) electrons. The summed E-state index contributed by atoms with van der Waals surface area (Å²) in [6, 6.07) is 8.52. The minimum absolute atomic E-state index is 0.0525. The van der Waals surface area contributed by atoms with Crippen molar-refractivity contribution >= 4 is 27.3 Å². The molecule has 0 aliphatic carbocycles. The fraction of sp³-hybridized carbons (Fsp3) is 0.458. The van der Waals surface area contributed by atoms with Crippen LogP contribution in [0.3, 0.4) is 0 Å². The molecule has 0 spiro atoms. The maximum atomic E-state index is 14.6. The zero-order valence-corrected chi connectivity index (χ0v) is 19.9. The molecule has 7 nitrogen and oxygen atoms in total. The van der Waals surface area contributed by atoms with Crippen LogP contribution in [-0.4, -0.2) is 51.4 Å². The zero-order chi connectivity index (χ0) is 24.3. The van der Waals surface area contributed by atoms with Crippen LogP contribution < -0.4 is 15.0 Å². The molecule has 0 atom stereocenters. The summed E-state index contributed by atoms with van der Waals surface area (Å²) in [6.07, 6.45) is 2.42. The molecule has 10 heteroatoms. The normalized spacial score (nSPS) is 17.7. The highest BCUT2D eigenvalue weighted by atomic mass is 32.2. The Morgan fingerprint density at radius 3 is 2.18 bits per heavy atom. The third-order valence-corrected chi connectivity index (χ3v) is 8.22. The maximum Gasteiger partial charge on any atom is 0.243 e. The summed E-state index contributed by atoms with van der Waals surface area (Å²) < 4.78 is 61.7. The summed E-state index contributed by atoms with van der Waals surface area (Å²) in [6.45, 7) is 3.93. The Morgan fingerprint density at radius 1 is 1.03 bits per heavy atom. The summed E-state index contributed by atoms with van der Waals surface area (Å²) in [5.74, 6) is -1.62. The lowest BCUT2D eigenvalue weighted by molar-refractivity contribution is -0.120. The molecule has 2 heterocycles. The van der Waals surface area contributed by atoms with Crippen LogP contribution in [-0.2, 0) is 14.8 Å². The number of halogens is 2. The molecule has 184 valence electrons. The highest BCUT2D eigenvalue weighted by Crippen LogP contribution is 2.31. The van der Waals surface area contributed by atoms with Gasteiger partial charge in [-0.2, -0.15) is 4.31 Å². The average molecular weight is 494 g/mol. The van der Waals surface area contributed by atoms with Gasteiger partial charge in [-0.1, -0.05) is 0 Å². The lowest BCUT2D eigenvalue weighted by Gasteiger charge is -2.30. The number of carbonyl (C=O) groups is 1. The van der Waals surface area contributed by atoms with Crippen LogP contribution in [0.5, 0.6) is 5.75 Å². The third-order valence-electron chi connectivity index (χ3n) is 6.30. The first-order valence-electron chi connectivity index (χ1n) is 11.6. The van der Waals surface area contributed by atoms with E-state index in [1.54, 1.807) is 17.0 Å². The summed E-state index contributed by atoms with van der Waals surface area (Å²) in [5.41, 5.74) is 0.00990. The zero-order valence-electron chi connectivity index (χ0n) is 19.1. The third kappa shape index (κ3) is 5.17. The monoisotopic (exact) mass is 493 g/mol. The molecule has 2 aromatic carbocycles. The SMILES string of the molecule is CCOc1ccc(S(=O)(=O)N2CCC(C(=O)Nc3cc(F)c(N4CCCC4)c(F)c3)CC2)cc1. The highest BCUT2D eigenvalue weighted by molar-refractivity contribution is 7.89. The van der Waals surface area contributed by atoms with Gasteiger partial charge in [0.1, 0.15) is 11.4 Å². The topological polar surface area (TPSA) is 79.0 Å². The average Bonchev–Trinajstić information content (AvgIpc) is 3.33. The van der Waals surface area contributed by atoms with Crippen LogP contribution in [0.1, 0.15) is 32.6 Å². The second kappa shape index (κ2) is 10.3. The standard InChI is InChI=1S/C24H29F2N3O4S/c1-2-33-19-5-7-20(8-6-19)34(31,32)29-13-9-17(10-14-29)24(30)27-18-15-21(25)23(22(26)16-18)28-11-3-4-12-28/h5-8,15-17H,2-4,9-14H2,1H3,(H,27,30). The predicted octanol–water partition coefficient (Wildman–Crippen LogP) is 4.00. The van der Waals surface area contributed by atoms with Gasteiger partial charge in [-0.25, -0.2) is 17.2 Å². The van der Waals surface area contributed by atoms with Gasteiger partial charge in [0.25, 0.3) is 0 Å². The Labute approximate surface area is 198 Å². The maximum absolute atomic E-state index is 14.6. The van der Waals surface area contributed by atoms with Crippen molar-refractivity contribution in [2.45, 2.75) is 37.5 Å². The van der Waals surface area contributed by atoms with Crippen LogP contribution in [0.2, 0.25) is 0 Å². The number of ether oxygens (including phenoxy) is 1. The van der Waals surface area contributed by atoms with Crippen LogP contribution in [0.25, 0.3) is 0 Å².